The first kappa shape index (κ1) is 17.3. The minimum absolute atomic E-state index is 0.371. The summed E-state index contributed by atoms with van der Waals surface area (Å²) in [5.74, 6) is -0.423. The molecule has 0 radical (unpaired) electrons. The molecule has 0 amide bonds. The molecule has 0 aromatic carbocycles. The van der Waals surface area contributed by atoms with E-state index in [2.05, 4.69) is 24.2 Å². The summed E-state index contributed by atoms with van der Waals surface area (Å²) in [6, 6.07) is 0. The first-order chi connectivity index (χ1) is 10.3. The van der Waals surface area contributed by atoms with Gasteiger partial charge in [-0.3, -0.25) is 4.79 Å². The molecule has 0 saturated heterocycles. The van der Waals surface area contributed by atoms with Gasteiger partial charge in [0.2, 0.25) is 0 Å². The Morgan fingerprint density at radius 2 is 1.35 bits per heavy atom. The van der Waals surface area contributed by atoms with Crippen molar-refractivity contribution in [1.82, 2.24) is 0 Å². The van der Waals surface area contributed by atoms with Gasteiger partial charge in [0.05, 0.1) is 0 Å². The molecule has 118 valence electrons. The number of allylic oxidation sites excluding steroid dienone is 2. The predicted molar refractivity (Wildman–Crippen MR) is 87.1 cm³/mol. The average molecular weight is 283 g/mol. The fourth-order valence-electron chi connectivity index (χ4n) is 2.34. The summed E-state index contributed by atoms with van der Waals surface area (Å²) >= 11 is 0. The molecule has 0 fully saturated rings. The maximum absolute atomic E-state index is 10.7. The second-order valence-electron chi connectivity index (χ2n) is 5.71. The summed E-state index contributed by atoms with van der Waals surface area (Å²) in [7, 11) is 0. The Morgan fingerprint density at radius 3 is 1.90 bits per heavy atom. The summed E-state index contributed by atoms with van der Waals surface area (Å²) in [6.45, 7) is 2.26. The van der Waals surface area contributed by atoms with Crippen LogP contribution in [0.5, 0.6) is 0 Å². The van der Waals surface area contributed by atoms with Crippen LogP contribution in [0.2, 0.25) is 0 Å². The molecule has 0 aliphatic rings. The number of hydrogen-bond acceptors (Lipinski definition) is 2. The van der Waals surface area contributed by atoms with Gasteiger partial charge >= 0.3 is 5.97 Å². The summed E-state index contributed by atoms with van der Waals surface area (Å²) in [5.41, 5.74) is 0. The maximum atomic E-state index is 10.7. The highest BCUT2D eigenvalue weighted by Gasteiger charge is 1.94. The van der Waals surface area contributed by atoms with Gasteiger partial charge in [-0.05, 0) is 32.1 Å². The number of hydrogen-bond donors (Lipinski definition) is 1. The first-order valence-electron chi connectivity index (χ1n) is 9.03. The minimum atomic E-state index is -0.423. The van der Waals surface area contributed by atoms with Gasteiger partial charge in [0, 0.05) is 6.42 Å². The zero-order valence-electron chi connectivity index (χ0n) is 14.4. The second kappa shape index (κ2) is 16.3. The molecule has 20 heavy (non-hydrogen) atoms. The van der Waals surface area contributed by atoms with Gasteiger partial charge in [-0.1, -0.05) is 70.4 Å². The zero-order chi connectivity index (χ0) is 15.6. The van der Waals surface area contributed by atoms with Crippen molar-refractivity contribution in [3.05, 3.63) is 12.2 Å². The van der Waals surface area contributed by atoms with E-state index in [1.165, 1.54) is 64.2 Å². The van der Waals surface area contributed by atoms with Crippen LogP contribution in [0.25, 0.3) is 1.43 Å². The Bertz CT molecular complexity index is 252. The van der Waals surface area contributed by atoms with E-state index < -0.39 is 5.97 Å². The third-order valence-corrected chi connectivity index (χ3v) is 3.64. The van der Waals surface area contributed by atoms with Crippen LogP contribution in [-0.4, -0.2) is 11.1 Å². The van der Waals surface area contributed by atoms with E-state index in [9.17, 15) is 4.79 Å². The maximum Gasteiger partial charge on any atom is 0.303 e. The summed E-state index contributed by atoms with van der Waals surface area (Å²) in [4.78, 5) is 10.7. The second-order valence-corrected chi connectivity index (χ2v) is 5.71. The Hall–Kier alpha value is -0.790. The van der Waals surface area contributed by atoms with Gasteiger partial charge in [0.25, 0.3) is 1.43 Å². The fraction of sp³-hybridized carbons (Fsp3) is 0.833. The summed E-state index contributed by atoms with van der Waals surface area (Å²) in [5, 5.41) is 3.86. The van der Waals surface area contributed by atoms with Crippen LogP contribution in [0, 0.1) is 0 Å². The molecule has 0 bridgehead atoms. The Morgan fingerprint density at radius 1 is 0.850 bits per heavy atom. The molecular formula is C18H34O2. The van der Waals surface area contributed by atoms with Gasteiger partial charge < -0.3 is 5.11 Å². The van der Waals surface area contributed by atoms with Crippen molar-refractivity contribution in [2.45, 2.75) is 96.8 Å². The van der Waals surface area contributed by atoms with Crippen molar-refractivity contribution in [3.8, 4) is 0 Å². The number of carbonyl (C=O) groups is 1. The van der Waals surface area contributed by atoms with E-state index in [1.54, 1.807) is 0 Å². The number of unbranched alkanes of at least 4 members (excludes halogenated alkanes) is 11. The van der Waals surface area contributed by atoms with E-state index in [0.717, 1.165) is 19.3 Å². The van der Waals surface area contributed by atoms with E-state index in [-0.39, 0.29) is 0 Å². The molecule has 0 unspecified atom stereocenters. The van der Waals surface area contributed by atoms with E-state index in [1.807, 2.05) is 0 Å². The molecule has 0 heterocycles. The molecule has 0 aliphatic heterocycles. The standard InChI is InChI=1S/C18H34O2/c1-2-3-4-5-6-7-8-9-10-11-12-13-14-15-16-17-18(19)20/h12-13H,2-11,14-17H2,1H3,(H,19,20)/b13-12-/i/hD. The van der Waals surface area contributed by atoms with Crippen LogP contribution >= 0.6 is 0 Å². The highest BCUT2D eigenvalue weighted by molar-refractivity contribution is 5.66. The van der Waals surface area contributed by atoms with Crippen molar-refractivity contribution in [2.24, 2.45) is 0 Å². The SMILES string of the molecule is [2H]OC(=O)CCCC/C=C\CCCCCCCCCCC. The zero-order valence-corrected chi connectivity index (χ0v) is 13.4. The topological polar surface area (TPSA) is 37.3 Å². The van der Waals surface area contributed by atoms with Crippen LogP contribution in [0.4, 0.5) is 0 Å². The van der Waals surface area contributed by atoms with Crippen LogP contribution in [-0.2, 0) is 4.79 Å². The number of carboxylic acids is 1. The quantitative estimate of drug-likeness (QED) is 0.291. The Labute approximate surface area is 127 Å². The molecule has 2 nitrogen and oxygen atoms in total. The molecule has 0 spiro atoms. The lowest BCUT2D eigenvalue weighted by atomic mass is 10.1. The van der Waals surface area contributed by atoms with Gasteiger partial charge in [0.15, 0.2) is 0 Å². The fourth-order valence-corrected chi connectivity index (χ4v) is 2.34. The van der Waals surface area contributed by atoms with Gasteiger partial charge in [-0.15, -0.1) is 0 Å². The molecule has 0 saturated carbocycles. The largest absolute Gasteiger partial charge is 0.481 e. The predicted octanol–water partition coefficient (Wildman–Crippen LogP) is 6.11. The molecule has 1 N–H and O–H groups in total. The van der Waals surface area contributed by atoms with Crippen molar-refractivity contribution >= 4 is 5.97 Å². The number of aliphatic carboxylic acids is 1. The van der Waals surface area contributed by atoms with E-state index in [4.69, 9.17) is 1.43 Å². The van der Waals surface area contributed by atoms with E-state index in [0.29, 0.717) is 6.42 Å². The molecule has 0 aromatic rings. The Balaban J connectivity index is 3.10. The van der Waals surface area contributed by atoms with Gasteiger partial charge in [0.1, 0.15) is 0 Å². The average Bonchev–Trinajstić information content (AvgIpc) is 2.50. The lowest BCUT2D eigenvalue weighted by Crippen LogP contribution is -1.92. The van der Waals surface area contributed by atoms with Crippen molar-refractivity contribution in [1.29, 1.82) is 1.43 Å². The van der Waals surface area contributed by atoms with Crippen molar-refractivity contribution in [2.75, 3.05) is 0 Å². The van der Waals surface area contributed by atoms with Crippen molar-refractivity contribution < 1.29 is 9.90 Å². The highest BCUT2D eigenvalue weighted by Crippen LogP contribution is 2.11. The third-order valence-electron chi connectivity index (χ3n) is 3.64. The molecule has 0 atom stereocenters. The van der Waals surface area contributed by atoms with Crippen molar-refractivity contribution in [3.63, 3.8) is 0 Å². The third kappa shape index (κ3) is 17.2. The normalized spacial score (nSPS) is 11.8. The van der Waals surface area contributed by atoms with Crippen LogP contribution < -0.4 is 0 Å². The lowest BCUT2D eigenvalue weighted by Gasteiger charge is -2.00. The highest BCUT2D eigenvalue weighted by atomic mass is 16.4. The van der Waals surface area contributed by atoms with Crippen LogP contribution in [0.15, 0.2) is 12.2 Å². The van der Waals surface area contributed by atoms with Crippen LogP contribution in [0.1, 0.15) is 96.8 Å². The number of rotatable bonds is 15. The Kier molecular flexibility index (Phi) is 14.0. The summed E-state index contributed by atoms with van der Waals surface area (Å²) < 4.78 is 6.43. The van der Waals surface area contributed by atoms with Crippen LogP contribution in [0.3, 0.4) is 0 Å². The smallest absolute Gasteiger partial charge is 0.303 e. The lowest BCUT2D eigenvalue weighted by molar-refractivity contribution is -0.137. The first-order valence-corrected chi connectivity index (χ1v) is 8.62. The van der Waals surface area contributed by atoms with Gasteiger partial charge in [-0.2, -0.15) is 0 Å². The monoisotopic (exact) mass is 283 g/mol. The van der Waals surface area contributed by atoms with Gasteiger partial charge in [-0.25, -0.2) is 0 Å². The minimum Gasteiger partial charge on any atom is -0.481 e. The molecule has 0 aromatic heterocycles. The molecule has 2 heteroatoms. The van der Waals surface area contributed by atoms with E-state index >= 15 is 0 Å². The summed E-state index contributed by atoms with van der Waals surface area (Å²) in [6.07, 6.45) is 21.3. The molecular weight excluding hydrogens is 248 g/mol. The molecule has 0 aliphatic carbocycles. The molecule has 0 rings (SSSR count). The number of carboxylic acid groups (broad SMARTS) is 1.